The molecule has 0 N–H and O–H groups in total. The molecule has 0 aliphatic rings. The fourth-order valence-electron chi connectivity index (χ4n) is 0.705. The third-order valence-electron chi connectivity index (χ3n) is 1.22. The maximum Gasteiger partial charge on any atom is 0.222 e. The minimum atomic E-state index is -0.262. The zero-order valence-corrected chi connectivity index (χ0v) is 7.24. The summed E-state index contributed by atoms with van der Waals surface area (Å²) in [6.07, 6.45) is 0. The number of halogens is 2. The van der Waals surface area contributed by atoms with Gasteiger partial charge in [-0.05, 0) is 12.1 Å². The van der Waals surface area contributed by atoms with Crippen molar-refractivity contribution >= 4 is 23.2 Å². The first-order valence-electron chi connectivity index (χ1n) is 2.86. The molecule has 0 heterocycles. The Morgan fingerprint density at radius 2 is 2.00 bits per heavy atom. The van der Waals surface area contributed by atoms with Crippen LogP contribution in [-0.4, -0.2) is 7.11 Å². The second-order valence-electron chi connectivity index (χ2n) is 1.89. The van der Waals surface area contributed by atoms with E-state index in [-0.39, 0.29) is 16.5 Å². The Labute approximate surface area is 74.3 Å². The van der Waals surface area contributed by atoms with Crippen molar-refractivity contribution in [1.29, 1.82) is 0 Å². The highest BCUT2D eigenvalue weighted by atomic mass is 35.5. The molecule has 0 atom stereocenters. The summed E-state index contributed by atoms with van der Waals surface area (Å²) in [4.78, 5) is 0. The lowest BCUT2D eigenvalue weighted by atomic mass is 10.3. The molecule has 0 aliphatic carbocycles. The Morgan fingerprint density at radius 3 is 2.45 bits per heavy atom. The molecule has 1 aromatic rings. The highest BCUT2D eigenvalue weighted by Crippen LogP contribution is 2.38. The largest absolute Gasteiger partial charge is 0.491 e. The van der Waals surface area contributed by atoms with Gasteiger partial charge in [0.2, 0.25) is 5.75 Å². The highest BCUT2D eigenvalue weighted by molar-refractivity contribution is 6.43. The van der Waals surface area contributed by atoms with Gasteiger partial charge in [0.25, 0.3) is 0 Å². The van der Waals surface area contributed by atoms with Crippen molar-refractivity contribution in [3.63, 3.8) is 0 Å². The summed E-state index contributed by atoms with van der Waals surface area (Å²) in [5, 5.41) is 11.4. The molecule has 0 bridgehead atoms. The molecule has 0 saturated carbocycles. The average Bonchev–Trinajstić information content (AvgIpc) is 1.99. The van der Waals surface area contributed by atoms with Gasteiger partial charge in [0.05, 0.1) is 12.1 Å². The van der Waals surface area contributed by atoms with E-state index in [9.17, 15) is 5.11 Å². The lowest BCUT2D eigenvalue weighted by molar-refractivity contribution is 0.315. The van der Waals surface area contributed by atoms with Gasteiger partial charge in [0.15, 0.2) is 5.75 Å². The Morgan fingerprint density at radius 1 is 1.36 bits per heavy atom. The van der Waals surface area contributed by atoms with Gasteiger partial charge in [-0.25, -0.2) is 0 Å². The zero-order chi connectivity index (χ0) is 8.43. The molecule has 0 unspecified atom stereocenters. The van der Waals surface area contributed by atoms with Crippen LogP contribution in [0.1, 0.15) is 0 Å². The monoisotopic (exact) mass is 191 g/mol. The van der Waals surface area contributed by atoms with Crippen LogP contribution >= 0.6 is 23.2 Å². The summed E-state index contributed by atoms with van der Waals surface area (Å²) < 4.78 is 4.73. The van der Waals surface area contributed by atoms with Crippen LogP contribution in [0.4, 0.5) is 0 Å². The van der Waals surface area contributed by atoms with Crippen molar-refractivity contribution in [2.24, 2.45) is 0 Å². The maximum absolute atomic E-state index is 11.0. The summed E-state index contributed by atoms with van der Waals surface area (Å²) in [6.45, 7) is 0. The van der Waals surface area contributed by atoms with Crippen LogP contribution in [0.2, 0.25) is 10.0 Å². The molecule has 0 saturated heterocycles. The summed E-state index contributed by atoms with van der Waals surface area (Å²) >= 11 is 11.3. The third-order valence-corrected chi connectivity index (χ3v) is 2.00. The average molecular weight is 192 g/mol. The van der Waals surface area contributed by atoms with Gasteiger partial charge in [0.1, 0.15) is 5.02 Å². The van der Waals surface area contributed by atoms with Crippen molar-refractivity contribution in [3.05, 3.63) is 22.2 Å². The molecule has 0 spiro atoms. The normalized spacial score (nSPS) is 9.73. The molecule has 0 fully saturated rings. The zero-order valence-electron chi connectivity index (χ0n) is 5.73. The van der Waals surface area contributed by atoms with Gasteiger partial charge in [-0.15, -0.1) is 0 Å². The molecule has 0 amide bonds. The predicted molar refractivity (Wildman–Crippen MR) is 43.1 cm³/mol. The molecule has 11 heavy (non-hydrogen) atoms. The second kappa shape index (κ2) is 3.20. The Balaban J connectivity index is 3.29. The fourth-order valence-corrected chi connectivity index (χ4v) is 1.09. The topological polar surface area (TPSA) is 29.1 Å². The van der Waals surface area contributed by atoms with Gasteiger partial charge in [-0.2, -0.15) is 0 Å². The standard InChI is InChI=1S/C7H5Cl2O2/c1-11-7-5(10)3-2-4(8)6(7)9/h2-3H,1H3. The lowest BCUT2D eigenvalue weighted by Crippen LogP contribution is -1.84. The Bertz CT molecular complexity index is 273. The molecular weight excluding hydrogens is 187 g/mol. The van der Waals surface area contributed by atoms with Crippen LogP contribution in [0, 0.1) is 0 Å². The van der Waals surface area contributed by atoms with E-state index in [1.54, 1.807) is 0 Å². The molecule has 2 nitrogen and oxygen atoms in total. The van der Waals surface area contributed by atoms with Crippen molar-refractivity contribution in [2.45, 2.75) is 0 Å². The first-order valence-corrected chi connectivity index (χ1v) is 3.61. The maximum atomic E-state index is 11.0. The number of benzene rings is 1. The quantitative estimate of drug-likeness (QED) is 0.671. The minimum absolute atomic E-state index is 0.0965. The summed E-state index contributed by atoms with van der Waals surface area (Å²) in [6, 6.07) is 2.75. The van der Waals surface area contributed by atoms with Crippen LogP contribution in [0.15, 0.2) is 12.1 Å². The van der Waals surface area contributed by atoms with Crippen LogP contribution in [-0.2, 0) is 5.11 Å². The van der Waals surface area contributed by atoms with E-state index in [0.29, 0.717) is 5.02 Å². The molecule has 4 heteroatoms. The summed E-state index contributed by atoms with van der Waals surface area (Å²) in [5.74, 6) is -0.166. The molecule has 0 aromatic heterocycles. The number of hydrogen-bond acceptors (Lipinski definition) is 1. The molecule has 1 rings (SSSR count). The first-order chi connectivity index (χ1) is 5.16. The lowest BCUT2D eigenvalue weighted by Gasteiger charge is -2.03. The van der Waals surface area contributed by atoms with E-state index in [4.69, 9.17) is 27.9 Å². The number of methoxy groups -OCH3 is 1. The highest BCUT2D eigenvalue weighted by Gasteiger charge is 2.10. The molecule has 0 aliphatic heterocycles. The van der Waals surface area contributed by atoms with Gasteiger partial charge in [-0.3, -0.25) is 5.11 Å². The van der Waals surface area contributed by atoms with Gasteiger partial charge < -0.3 is 4.74 Å². The van der Waals surface area contributed by atoms with Crippen LogP contribution in [0.5, 0.6) is 11.5 Å². The Hall–Kier alpha value is -0.600. The van der Waals surface area contributed by atoms with Crippen molar-refractivity contribution in [2.75, 3.05) is 7.11 Å². The van der Waals surface area contributed by atoms with Crippen molar-refractivity contribution in [1.82, 2.24) is 0 Å². The van der Waals surface area contributed by atoms with E-state index >= 15 is 0 Å². The van der Waals surface area contributed by atoms with E-state index in [2.05, 4.69) is 0 Å². The second-order valence-corrected chi connectivity index (χ2v) is 2.68. The summed E-state index contributed by atoms with van der Waals surface area (Å²) in [5.41, 5.74) is 0. The van der Waals surface area contributed by atoms with Crippen molar-refractivity contribution < 1.29 is 9.84 Å². The van der Waals surface area contributed by atoms with Gasteiger partial charge >= 0.3 is 0 Å². The smallest absolute Gasteiger partial charge is 0.222 e. The number of hydrogen-bond donors (Lipinski definition) is 0. The van der Waals surface area contributed by atoms with E-state index in [1.807, 2.05) is 0 Å². The Kier molecular flexibility index (Phi) is 2.47. The minimum Gasteiger partial charge on any atom is -0.491 e. The predicted octanol–water partition coefficient (Wildman–Crippen LogP) is 3.15. The number of ether oxygens (including phenoxy) is 1. The van der Waals surface area contributed by atoms with E-state index < -0.39 is 0 Å². The van der Waals surface area contributed by atoms with Crippen LogP contribution in [0.25, 0.3) is 0 Å². The first kappa shape index (κ1) is 8.50. The van der Waals surface area contributed by atoms with Crippen molar-refractivity contribution in [3.8, 4) is 11.5 Å². The third kappa shape index (κ3) is 1.52. The SMILES string of the molecule is COc1c([O])ccc(Cl)c1Cl. The molecule has 1 radical (unpaired) electrons. The van der Waals surface area contributed by atoms with Gasteiger partial charge in [0, 0.05) is 0 Å². The van der Waals surface area contributed by atoms with E-state index in [0.717, 1.165) is 0 Å². The molecular formula is C7H5Cl2O2. The van der Waals surface area contributed by atoms with Gasteiger partial charge in [-0.1, -0.05) is 23.2 Å². The fraction of sp³-hybridized carbons (Fsp3) is 0.143. The summed E-state index contributed by atoms with van der Waals surface area (Å²) in [7, 11) is 1.37. The number of rotatable bonds is 1. The molecule has 1 aromatic carbocycles. The van der Waals surface area contributed by atoms with Crippen LogP contribution in [0.3, 0.4) is 0 Å². The molecule has 59 valence electrons. The van der Waals surface area contributed by atoms with Crippen LogP contribution < -0.4 is 4.74 Å². The van der Waals surface area contributed by atoms with E-state index in [1.165, 1.54) is 19.2 Å².